The molecule has 90 valence electrons. The monoisotopic (exact) mass is 233 g/mol. The highest BCUT2D eigenvalue weighted by Crippen LogP contribution is 2.19. The Hall–Kier alpha value is -1.88. The van der Waals surface area contributed by atoms with Gasteiger partial charge in [0.1, 0.15) is 6.61 Å². The van der Waals surface area contributed by atoms with Gasteiger partial charge in [0, 0.05) is 12.0 Å². The fraction of sp³-hybridized carbons (Fsp3) is 0.333. The molecule has 0 saturated heterocycles. The number of nitrogens with zero attached hydrogens (tertiary/aromatic N) is 1. The molecule has 0 aliphatic rings. The normalized spacial score (nSPS) is 10.6. The summed E-state index contributed by atoms with van der Waals surface area (Å²) >= 11 is 0. The lowest BCUT2D eigenvalue weighted by Crippen LogP contribution is -2.18. The summed E-state index contributed by atoms with van der Waals surface area (Å²) in [5, 5.41) is 10.5. The highest BCUT2D eigenvalue weighted by molar-refractivity contribution is 5.99. The summed E-state index contributed by atoms with van der Waals surface area (Å²) in [4.78, 5) is 11.5. The van der Waals surface area contributed by atoms with Gasteiger partial charge < -0.3 is 10.1 Å². The van der Waals surface area contributed by atoms with Crippen molar-refractivity contribution in [3.8, 4) is 0 Å². The summed E-state index contributed by atoms with van der Waals surface area (Å²) in [5.41, 5.74) is 0.900. The molecule has 0 spiro atoms. The maximum Gasteiger partial charge on any atom is 0.251 e. The molecule has 1 aromatic heterocycles. The number of benzene rings is 1. The minimum atomic E-state index is -0.185. The number of fused-ring (bicyclic) bond motifs is 1. The second-order valence-electron chi connectivity index (χ2n) is 3.72. The number of rotatable bonds is 5. The summed E-state index contributed by atoms with van der Waals surface area (Å²) in [5.74, 6) is 0.362. The molecular weight excluding hydrogens is 218 g/mol. The van der Waals surface area contributed by atoms with Crippen LogP contribution in [0.2, 0.25) is 0 Å². The fourth-order valence-corrected chi connectivity index (χ4v) is 1.54. The van der Waals surface area contributed by atoms with Gasteiger partial charge >= 0.3 is 0 Å². The molecule has 5 nitrogen and oxygen atoms in total. The van der Waals surface area contributed by atoms with Gasteiger partial charge in [0.2, 0.25) is 0 Å². The third-order valence-corrected chi connectivity index (χ3v) is 2.31. The van der Waals surface area contributed by atoms with E-state index in [2.05, 4.69) is 15.5 Å². The van der Waals surface area contributed by atoms with E-state index in [4.69, 9.17) is 4.74 Å². The average molecular weight is 233 g/mol. The number of aromatic amines is 1. The van der Waals surface area contributed by atoms with Crippen LogP contribution in [0.15, 0.2) is 24.3 Å². The van der Waals surface area contributed by atoms with Gasteiger partial charge in [-0.25, -0.2) is 0 Å². The number of carbonyl (C=O) groups excluding carboxylic acids is 1. The predicted octanol–water partition coefficient (Wildman–Crippen LogP) is 1.93. The second kappa shape index (κ2) is 5.45. The third-order valence-electron chi connectivity index (χ3n) is 2.31. The average Bonchev–Trinajstić information content (AvgIpc) is 2.73. The van der Waals surface area contributed by atoms with Crippen molar-refractivity contribution in [2.75, 3.05) is 18.5 Å². The van der Waals surface area contributed by atoms with Crippen molar-refractivity contribution in [2.45, 2.75) is 13.3 Å². The maximum atomic E-state index is 11.5. The quantitative estimate of drug-likeness (QED) is 0.775. The number of nitrogens with one attached hydrogen (secondary N) is 2. The molecule has 0 aliphatic carbocycles. The summed E-state index contributed by atoms with van der Waals surface area (Å²) in [7, 11) is 0. The van der Waals surface area contributed by atoms with Gasteiger partial charge in [-0.15, -0.1) is 0 Å². The number of para-hydroxylation sites is 1. The van der Waals surface area contributed by atoms with Crippen molar-refractivity contribution >= 4 is 22.6 Å². The fourth-order valence-electron chi connectivity index (χ4n) is 1.54. The molecule has 0 unspecified atom stereocenters. The molecule has 0 radical (unpaired) electrons. The first-order chi connectivity index (χ1) is 8.31. The first kappa shape index (κ1) is 11.6. The Morgan fingerprint density at radius 1 is 1.47 bits per heavy atom. The number of anilines is 1. The molecular formula is C12H15N3O2. The molecule has 2 rings (SSSR count). The molecule has 0 fully saturated rings. The molecule has 1 heterocycles. The molecule has 5 heteroatoms. The number of carbonyl (C=O) groups is 1. The minimum Gasteiger partial charge on any atom is -0.372 e. The van der Waals surface area contributed by atoms with Crippen molar-refractivity contribution in [3.63, 3.8) is 0 Å². The highest BCUT2D eigenvalue weighted by Gasteiger charge is 2.08. The van der Waals surface area contributed by atoms with Gasteiger partial charge in [-0.2, -0.15) is 5.10 Å². The molecule has 0 saturated carbocycles. The van der Waals surface area contributed by atoms with E-state index in [0.717, 1.165) is 17.3 Å². The highest BCUT2D eigenvalue weighted by atomic mass is 16.5. The first-order valence-corrected chi connectivity index (χ1v) is 5.62. The lowest BCUT2D eigenvalue weighted by atomic mass is 10.2. The van der Waals surface area contributed by atoms with Crippen molar-refractivity contribution in [2.24, 2.45) is 0 Å². The van der Waals surface area contributed by atoms with E-state index < -0.39 is 0 Å². The topological polar surface area (TPSA) is 67.0 Å². The van der Waals surface area contributed by atoms with Crippen molar-refractivity contribution in [3.05, 3.63) is 24.3 Å². The Labute approximate surface area is 99.2 Å². The van der Waals surface area contributed by atoms with Gasteiger partial charge in [-0.3, -0.25) is 9.89 Å². The van der Waals surface area contributed by atoms with Gasteiger partial charge in [0.15, 0.2) is 5.82 Å². The number of ether oxygens (including phenoxy) is 1. The first-order valence-electron chi connectivity index (χ1n) is 5.62. The molecule has 17 heavy (non-hydrogen) atoms. The van der Waals surface area contributed by atoms with E-state index in [1.54, 1.807) is 0 Å². The maximum absolute atomic E-state index is 11.5. The molecule has 2 N–H and O–H groups in total. The van der Waals surface area contributed by atoms with Crippen LogP contribution >= 0.6 is 0 Å². The molecule has 0 atom stereocenters. The Morgan fingerprint density at radius 3 is 3.12 bits per heavy atom. The van der Waals surface area contributed by atoms with E-state index >= 15 is 0 Å². The SMILES string of the molecule is CCCOCC(=O)Nc1n[nH]c2ccccc12. The van der Waals surface area contributed by atoms with E-state index in [0.29, 0.717) is 12.4 Å². The van der Waals surface area contributed by atoms with Crippen LogP contribution in [0, 0.1) is 0 Å². The Morgan fingerprint density at radius 2 is 2.29 bits per heavy atom. The zero-order chi connectivity index (χ0) is 12.1. The van der Waals surface area contributed by atoms with Crippen LogP contribution in [0.5, 0.6) is 0 Å². The summed E-state index contributed by atoms with van der Waals surface area (Å²) < 4.78 is 5.16. The predicted molar refractivity (Wildman–Crippen MR) is 65.8 cm³/mol. The summed E-state index contributed by atoms with van der Waals surface area (Å²) in [6.45, 7) is 2.66. The summed E-state index contributed by atoms with van der Waals surface area (Å²) in [6.07, 6.45) is 0.901. The number of amides is 1. The van der Waals surface area contributed by atoms with Crippen LogP contribution in [-0.4, -0.2) is 29.3 Å². The molecule has 0 bridgehead atoms. The third kappa shape index (κ3) is 2.82. The van der Waals surface area contributed by atoms with Crippen LogP contribution in [0.4, 0.5) is 5.82 Å². The lowest BCUT2D eigenvalue weighted by Gasteiger charge is -2.03. The largest absolute Gasteiger partial charge is 0.372 e. The Bertz CT molecular complexity index is 507. The Kier molecular flexibility index (Phi) is 3.72. The standard InChI is InChI=1S/C12H15N3O2/c1-2-7-17-8-11(16)13-12-9-5-3-4-6-10(9)14-15-12/h3-6H,2,7-8H2,1H3,(H2,13,14,15,16). The van der Waals surface area contributed by atoms with Gasteiger partial charge in [-0.05, 0) is 18.6 Å². The van der Waals surface area contributed by atoms with Crippen LogP contribution in [0.3, 0.4) is 0 Å². The number of hydrogen-bond acceptors (Lipinski definition) is 3. The van der Waals surface area contributed by atoms with Crippen LogP contribution in [-0.2, 0) is 9.53 Å². The molecule has 1 amide bonds. The van der Waals surface area contributed by atoms with Crippen LogP contribution in [0.25, 0.3) is 10.9 Å². The lowest BCUT2D eigenvalue weighted by molar-refractivity contribution is -0.120. The number of aromatic nitrogens is 2. The smallest absolute Gasteiger partial charge is 0.251 e. The number of H-pyrrole nitrogens is 1. The Balaban J connectivity index is 2.01. The van der Waals surface area contributed by atoms with Gasteiger partial charge in [0.05, 0.1) is 5.52 Å². The molecule has 2 aromatic rings. The molecule has 1 aromatic carbocycles. The van der Waals surface area contributed by atoms with Crippen molar-refractivity contribution < 1.29 is 9.53 Å². The van der Waals surface area contributed by atoms with Crippen LogP contribution < -0.4 is 5.32 Å². The van der Waals surface area contributed by atoms with Gasteiger partial charge in [0.25, 0.3) is 5.91 Å². The molecule has 0 aliphatic heterocycles. The summed E-state index contributed by atoms with van der Waals surface area (Å²) in [6, 6.07) is 7.63. The van der Waals surface area contributed by atoms with E-state index in [1.807, 2.05) is 31.2 Å². The minimum absolute atomic E-state index is 0.0645. The van der Waals surface area contributed by atoms with E-state index in [-0.39, 0.29) is 12.5 Å². The van der Waals surface area contributed by atoms with E-state index in [9.17, 15) is 4.79 Å². The second-order valence-corrected chi connectivity index (χ2v) is 3.72. The van der Waals surface area contributed by atoms with Crippen molar-refractivity contribution in [1.29, 1.82) is 0 Å². The van der Waals surface area contributed by atoms with E-state index in [1.165, 1.54) is 0 Å². The van der Waals surface area contributed by atoms with Gasteiger partial charge in [-0.1, -0.05) is 19.1 Å². The zero-order valence-corrected chi connectivity index (χ0v) is 9.69. The zero-order valence-electron chi connectivity index (χ0n) is 9.69. The van der Waals surface area contributed by atoms with Crippen LogP contribution in [0.1, 0.15) is 13.3 Å². The number of hydrogen-bond donors (Lipinski definition) is 2. The van der Waals surface area contributed by atoms with Crippen molar-refractivity contribution in [1.82, 2.24) is 10.2 Å².